The van der Waals surface area contributed by atoms with E-state index in [9.17, 15) is 19.2 Å². The first-order chi connectivity index (χ1) is 13.1. The number of halogens is 2. The largest absolute Gasteiger partial charge is 0.494 e. The highest BCUT2D eigenvalue weighted by Gasteiger charge is 2.37. The second-order valence-electron chi connectivity index (χ2n) is 5.27. The highest BCUT2D eigenvalue weighted by molar-refractivity contribution is 6.40. The summed E-state index contributed by atoms with van der Waals surface area (Å²) < 4.78 is 11.8. The van der Waals surface area contributed by atoms with E-state index in [1.165, 1.54) is 28.3 Å². The summed E-state index contributed by atoms with van der Waals surface area (Å²) in [7, 11) is 5.07. The van der Waals surface area contributed by atoms with Gasteiger partial charge in [-0.25, -0.2) is 8.84 Å². The molecule has 0 atom stereocenters. The normalized spacial score (nSPS) is 10.0. The summed E-state index contributed by atoms with van der Waals surface area (Å²) in [5, 5.41) is 4.76. The van der Waals surface area contributed by atoms with E-state index in [0.29, 0.717) is 8.84 Å². The molecule has 10 nitrogen and oxygen atoms in total. The Bertz CT molecular complexity index is 762. The van der Waals surface area contributed by atoms with E-state index in [1.807, 2.05) is 0 Å². The van der Waals surface area contributed by atoms with E-state index in [-0.39, 0.29) is 34.0 Å². The zero-order valence-corrected chi connectivity index (χ0v) is 17.6. The van der Waals surface area contributed by atoms with Crippen molar-refractivity contribution in [2.75, 3.05) is 37.2 Å². The minimum atomic E-state index is -0.727. The summed E-state index contributed by atoms with van der Waals surface area (Å²) in [6.45, 7) is 2.28. The molecule has 0 aliphatic rings. The SMILES string of the molecule is CNC(=O)c1c(OC)c(N(Cl)C(C)=O)c(C(=O)NC)c(OC)c1N(Cl)C(C)=O. The van der Waals surface area contributed by atoms with Crippen LogP contribution in [0.2, 0.25) is 0 Å². The minimum absolute atomic E-state index is 0.246. The molecule has 0 heterocycles. The molecule has 0 radical (unpaired) electrons. The van der Waals surface area contributed by atoms with Crippen LogP contribution in [0.3, 0.4) is 0 Å². The Labute approximate surface area is 171 Å². The van der Waals surface area contributed by atoms with Gasteiger partial charge in [-0.1, -0.05) is 0 Å². The predicted octanol–water partition coefficient (Wildman–Crippen LogP) is 1.44. The molecular formula is C16H20Cl2N4O6. The van der Waals surface area contributed by atoms with E-state index in [1.54, 1.807) is 0 Å². The first-order valence-corrected chi connectivity index (χ1v) is 8.45. The zero-order valence-electron chi connectivity index (χ0n) is 16.1. The Morgan fingerprint density at radius 2 is 1.04 bits per heavy atom. The fraction of sp³-hybridized carbons (Fsp3) is 0.375. The number of rotatable bonds is 6. The summed E-state index contributed by atoms with van der Waals surface area (Å²) in [6, 6.07) is 0. The Morgan fingerprint density at radius 1 is 0.750 bits per heavy atom. The molecule has 0 saturated heterocycles. The molecule has 12 heteroatoms. The lowest BCUT2D eigenvalue weighted by Gasteiger charge is -2.27. The number of methoxy groups -OCH3 is 2. The number of carbonyl (C=O) groups excluding carboxylic acids is 4. The van der Waals surface area contributed by atoms with Crippen molar-refractivity contribution in [1.82, 2.24) is 10.6 Å². The standard InChI is InChI=1S/C16H20Cl2N4O6/c1-7(23)21(17)11-9(15(25)19-3)14(28-6)12(22(18)8(2)24)10(13(11)27-5)16(26)20-4/h1-6H3,(H,19,25)(H,20,26). The van der Waals surface area contributed by atoms with Gasteiger partial charge in [0.25, 0.3) is 11.8 Å². The number of carbonyl (C=O) groups is 4. The van der Waals surface area contributed by atoms with Crippen molar-refractivity contribution in [2.24, 2.45) is 0 Å². The van der Waals surface area contributed by atoms with Crippen molar-refractivity contribution in [3.05, 3.63) is 11.1 Å². The number of hydrogen-bond donors (Lipinski definition) is 2. The van der Waals surface area contributed by atoms with Gasteiger partial charge in [-0.05, 0) is 0 Å². The number of amides is 4. The predicted molar refractivity (Wildman–Crippen MR) is 104 cm³/mol. The molecule has 0 aliphatic heterocycles. The van der Waals surface area contributed by atoms with E-state index < -0.39 is 23.6 Å². The van der Waals surface area contributed by atoms with Crippen LogP contribution in [0.15, 0.2) is 0 Å². The third-order valence-electron chi connectivity index (χ3n) is 3.62. The summed E-state index contributed by atoms with van der Waals surface area (Å²) >= 11 is 12.2. The first-order valence-electron chi connectivity index (χ1n) is 7.77. The van der Waals surface area contributed by atoms with Crippen LogP contribution in [0.4, 0.5) is 11.4 Å². The fourth-order valence-corrected chi connectivity index (χ4v) is 2.76. The Balaban J connectivity index is 4.34. The van der Waals surface area contributed by atoms with Crippen molar-refractivity contribution < 1.29 is 28.7 Å². The summed E-state index contributed by atoms with van der Waals surface area (Å²) in [5.41, 5.74) is -1.02. The second-order valence-corrected chi connectivity index (χ2v) is 5.95. The summed E-state index contributed by atoms with van der Waals surface area (Å²) in [4.78, 5) is 49.1. The lowest BCUT2D eigenvalue weighted by atomic mass is 10.0. The molecule has 0 fully saturated rings. The van der Waals surface area contributed by atoms with Crippen molar-refractivity contribution in [3.63, 3.8) is 0 Å². The zero-order chi connectivity index (χ0) is 21.8. The molecule has 1 aromatic carbocycles. The van der Waals surface area contributed by atoms with Crippen LogP contribution in [-0.2, 0) is 9.59 Å². The van der Waals surface area contributed by atoms with Crippen LogP contribution in [0.25, 0.3) is 0 Å². The van der Waals surface area contributed by atoms with Crippen molar-refractivity contribution >= 4 is 58.6 Å². The monoisotopic (exact) mass is 434 g/mol. The highest BCUT2D eigenvalue weighted by atomic mass is 35.5. The van der Waals surface area contributed by atoms with Crippen LogP contribution >= 0.6 is 23.6 Å². The smallest absolute Gasteiger partial charge is 0.257 e. The number of nitrogens with one attached hydrogen (secondary N) is 2. The third-order valence-corrected chi connectivity index (χ3v) is 4.43. The molecule has 0 aromatic heterocycles. The van der Waals surface area contributed by atoms with Gasteiger partial charge in [-0.15, -0.1) is 0 Å². The third kappa shape index (κ3) is 4.07. The molecule has 0 unspecified atom stereocenters. The quantitative estimate of drug-likeness (QED) is 0.653. The second kappa shape index (κ2) is 9.47. The van der Waals surface area contributed by atoms with Crippen LogP contribution in [0.1, 0.15) is 34.6 Å². The van der Waals surface area contributed by atoms with Crippen molar-refractivity contribution in [3.8, 4) is 11.5 Å². The van der Waals surface area contributed by atoms with E-state index in [2.05, 4.69) is 10.6 Å². The Hall–Kier alpha value is -2.72. The Morgan fingerprint density at radius 3 is 1.21 bits per heavy atom. The van der Waals surface area contributed by atoms with E-state index >= 15 is 0 Å². The maximum Gasteiger partial charge on any atom is 0.257 e. The summed E-state index contributed by atoms with van der Waals surface area (Å²) in [5.74, 6) is -3.31. The molecule has 1 aromatic rings. The number of ether oxygens (including phenoxy) is 2. The van der Waals surface area contributed by atoms with E-state index in [0.717, 1.165) is 13.8 Å². The number of hydrogen-bond acceptors (Lipinski definition) is 6. The van der Waals surface area contributed by atoms with Gasteiger partial charge in [0, 0.05) is 51.5 Å². The molecule has 0 saturated carbocycles. The van der Waals surface area contributed by atoms with Crippen LogP contribution in [-0.4, -0.2) is 51.9 Å². The lowest BCUT2D eigenvalue weighted by Crippen LogP contribution is -2.30. The average Bonchev–Trinajstić information content (AvgIpc) is 2.68. The molecular weight excluding hydrogens is 415 g/mol. The van der Waals surface area contributed by atoms with Crippen LogP contribution < -0.4 is 28.9 Å². The maximum absolute atomic E-state index is 12.6. The average molecular weight is 435 g/mol. The van der Waals surface area contributed by atoms with Gasteiger partial charge in [-0.3, -0.25) is 19.2 Å². The van der Waals surface area contributed by atoms with Gasteiger partial charge in [-0.2, -0.15) is 0 Å². The van der Waals surface area contributed by atoms with Gasteiger partial charge in [0.05, 0.1) is 14.2 Å². The Kier molecular flexibility index (Phi) is 7.89. The number of anilines is 2. The topological polar surface area (TPSA) is 117 Å². The van der Waals surface area contributed by atoms with Gasteiger partial charge in [0.15, 0.2) is 11.5 Å². The van der Waals surface area contributed by atoms with Gasteiger partial charge in [0.1, 0.15) is 22.5 Å². The summed E-state index contributed by atoms with van der Waals surface area (Å²) in [6.07, 6.45) is 0. The van der Waals surface area contributed by atoms with Crippen molar-refractivity contribution in [1.29, 1.82) is 0 Å². The van der Waals surface area contributed by atoms with Gasteiger partial charge < -0.3 is 20.1 Å². The molecule has 154 valence electrons. The van der Waals surface area contributed by atoms with Crippen LogP contribution in [0, 0.1) is 0 Å². The molecule has 1 rings (SSSR count). The lowest BCUT2D eigenvalue weighted by molar-refractivity contribution is -0.116. The molecule has 4 amide bonds. The molecule has 0 spiro atoms. The van der Waals surface area contributed by atoms with Gasteiger partial charge >= 0.3 is 0 Å². The van der Waals surface area contributed by atoms with E-state index in [4.69, 9.17) is 33.0 Å². The highest BCUT2D eigenvalue weighted by Crippen LogP contribution is 2.50. The first kappa shape index (κ1) is 23.3. The number of nitrogens with zero attached hydrogens (tertiary/aromatic N) is 2. The molecule has 28 heavy (non-hydrogen) atoms. The van der Waals surface area contributed by atoms with Crippen LogP contribution in [0.5, 0.6) is 11.5 Å². The number of benzene rings is 1. The minimum Gasteiger partial charge on any atom is -0.494 e. The fourth-order valence-electron chi connectivity index (χ4n) is 2.44. The maximum atomic E-state index is 12.6. The molecule has 0 bridgehead atoms. The molecule has 2 N–H and O–H groups in total. The van der Waals surface area contributed by atoms with Crippen molar-refractivity contribution in [2.45, 2.75) is 13.8 Å². The van der Waals surface area contributed by atoms with Gasteiger partial charge in [0.2, 0.25) is 11.8 Å². The molecule has 0 aliphatic carbocycles.